The van der Waals surface area contributed by atoms with Gasteiger partial charge in [-0.05, 0) is 12.1 Å². The second-order valence-corrected chi connectivity index (χ2v) is 4.46. The minimum Gasteiger partial charge on any atom is -0.298 e. The highest BCUT2D eigenvalue weighted by atomic mass is 16.2. The van der Waals surface area contributed by atoms with Crippen molar-refractivity contribution in [2.45, 2.75) is 6.42 Å². The van der Waals surface area contributed by atoms with Gasteiger partial charge in [0.15, 0.2) is 6.29 Å². The summed E-state index contributed by atoms with van der Waals surface area (Å²) in [5, 5.41) is 2.97. The first kappa shape index (κ1) is 12.3. The number of hydrogen-bond acceptors (Lipinski definition) is 4. The molecule has 1 saturated heterocycles. The number of benzene rings is 1. The van der Waals surface area contributed by atoms with Crippen LogP contribution in [0.1, 0.15) is 16.8 Å². The molecule has 0 saturated carbocycles. The molecule has 2 aromatic rings. The normalized spacial score (nSPS) is 15.3. The fourth-order valence-electron chi connectivity index (χ4n) is 2.21. The number of amides is 3. The Morgan fingerprint density at radius 1 is 1.25 bits per heavy atom. The molecule has 100 valence electrons. The molecule has 0 spiro atoms. The van der Waals surface area contributed by atoms with E-state index in [1.54, 1.807) is 18.2 Å². The van der Waals surface area contributed by atoms with Crippen LogP contribution in [0, 0.1) is 0 Å². The molecular weight excluding hydrogens is 258 g/mol. The SMILES string of the molecule is O=Cc1cc(N2CCC(=O)NC2=O)nc2ccccc12. The average molecular weight is 269 g/mol. The zero-order valence-corrected chi connectivity index (χ0v) is 10.5. The maximum atomic E-state index is 11.8. The van der Waals surface area contributed by atoms with Gasteiger partial charge in [0.2, 0.25) is 5.91 Å². The minimum absolute atomic E-state index is 0.219. The Labute approximate surface area is 114 Å². The van der Waals surface area contributed by atoms with E-state index in [2.05, 4.69) is 10.3 Å². The van der Waals surface area contributed by atoms with Crippen molar-refractivity contribution < 1.29 is 14.4 Å². The number of nitrogens with one attached hydrogen (secondary N) is 1. The molecule has 2 heterocycles. The fraction of sp³-hybridized carbons (Fsp3) is 0.143. The number of urea groups is 1. The summed E-state index contributed by atoms with van der Waals surface area (Å²) in [6.45, 7) is 0.258. The van der Waals surface area contributed by atoms with Gasteiger partial charge in [0.25, 0.3) is 0 Å². The van der Waals surface area contributed by atoms with Crippen molar-refractivity contribution in [2.24, 2.45) is 0 Å². The van der Waals surface area contributed by atoms with Crippen molar-refractivity contribution in [3.63, 3.8) is 0 Å². The quantitative estimate of drug-likeness (QED) is 0.838. The van der Waals surface area contributed by atoms with Crippen LogP contribution in [0.3, 0.4) is 0 Å². The van der Waals surface area contributed by atoms with Crippen molar-refractivity contribution in [1.29, 1.82) is 0 Å². The summed E-state index contributed by atoms with van der Waals surface area (Å²) >= 11 is 0. The first-order chi connectivity index (χ1) is 9.69. The molecule has 6 heteroatoms. The molecule has 1 fully saturated rings. The van der Waals surface area contributed by atoms with E-state index in [-0.39, 0.29) is 18.9 Å². The van der Waals surface area contributed by atoms with Crippen LogP contribution < -0.4 is 10.2 Å². The highest BCUT2D eigenvalue weighted by molar-refractivity contribution is 6.06. The van der Waals surface area contributed by atoms with Gasteiger partial charge in [0.05, 0.1) is 5.52 Å². The molecule has 1 N–H and O–H groups in total. The fourth-order valence-corrected chi connectivity index (χ4v) is 2.21. The van der Waals surface area contributed by atoms with E-state index in [4.69, 9.17) is 0 Å². The molecule has 1 aliphatic rings. The van der Waals surface area contributed by atoms with E-state index in [0.717, 1.165) is 11.7 Å². The molecule has 1 aromatic heterocycles. The van der Waals surface area contributed by atoms with Crippen molar-refractivity contribution in [3.05, 3.63) is 35.9 Å². The summed E-state index contributed by atoms with van der Waals surface area (Å²) in [5.41, 5.74) is 1.10. The molecular formula is C14H11N3O3. The zero-order chi connectivity index (χ0) is 14.1. The lowest BCUT2D eigenvalue weighted by Crippen LogP contribution is -2.49. The van der Waals surface area contributed by atoms with Gasteiger partial charge in [-0.15, -0.1) is 0 Å². The molecule has 0 atom stereocenters. The summed E-state index contributed by atoms with van der Waals surface area (Å²) < 4.78 is 0. The van der Waals surface area contributed by atoms with Gasteiger partial charge >= 0.3 is 6.03 Å². The van der Waals surface area contributed by atoms with Crippen molar-refractivity contribution in [3.8, 4) is 0 Å². The Balaban J connectivity index is 2.10. The van der Waals surface area contributed by atoms with Crippen LogP contribution in [-0.2, 0) is 4.79 Å². The smallest absolute Gasteiger partial charge is 0.298 e. The first-order valence-electron chi connectivity index (χ1n) is 6.15. The number of pyridine rings is 1. The van der Waals surface area contributed by atoms with Crippen LogP contribution in [0.5, 0.6) is 0 Å². The number of anilines is 1. The lowest BCUT2D eigenvalue weighted by atomic mass is 10.1. The van der Waals surface area contributed by atoms with E-state index in [1.165, 1.54) is 4.90 Å². The maximum Gasteiger partial charge on any atom is 0.329 e. The second kappa shape index (κ2) is 4.73. The van der Waals surface area contributed by atoms with Gasteiger partial charge in [0, 0.05) is 23.9 Å². The monoisotopic (exact) mass is 269 g/mol. The molecule has 0 bridgehead atoms. The molecule has 0 radical (unpaired) electrons. The summed E-state index contributed by atoms with van der Waals surface area (Å²) in [5.74, 6) is 0.0680. The Bertz CT molecular complexity index is 727. The van der Waals surface area contributed by atoms with Gasteiger partial charge in [-0.3, -0.25) is 19.8 Å². The van der Waals surface area contributed by atoms with Crippen molar-refractivity contribution in [2.75, 3.05) is 11.4 Å². The Morgan fingerprint density at radius 2 is 2.05 bits per heavy atom. The average Bonchev–Trinajstić information content (AvgIpc) is 2.46. The third-order valence-corrected chi connectivity index (χ3v) is 3.19. The molecule has 20 heavy (non-hydrogen) atoms. The second-order valence-electron chi connectivity index (χ2n) is 4.46. The van der Waals surface area contributed by atoms with E-state index in [1.807, 2.05) is 12.1 Å². The van der Waals surface area contributed by atoms with Crippen LogP contribution in [0.25, 0.3) is 10.9 Å². The number of rotatable bonds is 2. The number of fused-ring (bicyclic) bond motifs is 1. The molecule has 1 aliphatic heterocycles. The first-order valence-corrected chi connectivity index (χ1v) is 6.15. The van der Waals surface area contributed by atoms with Crippen LogP contribution >= 0.6 is 0 Å². The number of aldehydes is 1. The zero-order valence-electron chi connectivity index (χ0n) is 10.5. The molecule has 6 nitrogen and oxygen atoms in total. The molecule has 0 unspecified atom stereocenters. The van der Waals surface area contributed by atoms with Gasteiger partial charge in [-0.2, -0.15) is 0 Å². The van der Waals surface area contributed by atoms with Gasteiger partial charge in [-0.25, -0.2) is 9.78 Å². The highest BCUT2D eigenvalue weighted by Gasteiger charge is 2.25. The standard InChI is InChI=1S/C14H11N3O3/c18-8-9-7-12(15-11-4-2-1-3-10(9)11)17-6-5-13(19)16-14(17)20/h1-4,7-8H,5-6H2,(H,16,19,20). The lowest BCUT2D eigenvalue weighted by Gasteiger charge is -2.26. The number of carbonyl (C=O) groups excluding carboxylic acids is 3. The minimum atomic E-state index is -0.513. The third-order valence-electron chi connectivity index (χ3n) is 3.19. The largest absolute Gasteiger partial charge is 0.329 e. The maximum absolute atomic E-state index is 11.8. The van der Waals surface area contributed by atoms with E-state index in [9.17, 15) is 14.4 Å². The van der Waals surface area contributed by atoms with Gasteiger partial charge in [0.1, 0.15) is 5.82 Å². The lowest BCUT2D eigenvalue weighted by molar-refractivity contribution is -0.120. The summed E-state index contributed by atoms with van der Waals surface area (Å²) in [6.07, 6.45) is 0.956. The van der Waals surface area contributed by atoms with Crippen LogP contribution in [0.2, 0.25) is 0 Å². The number of carbonyl (C=O) groups is 3. The highest BCUT2D eigenvalue weighted by Crippen LogP contribution is 2.23. The van der Waals surface area contributed by atoms with E-state index in [0.29, 0.717) is 16.9 Å². The van der Waals surface area contributed by atoms with Crippen LogP contribution in [-0.4, -0.2) is 29.8 Å². The van der Waals surface area contributed by atoms with E-state index >= 15 is 0 Å². The molecule has 1 aromatic carbocycles. The molecule has 3 rings (SSSR count). The third kappa shape index (κ3) is 2.01. The van der Waals surface area contributed by atoms with Gasteiger partial charge < -0.3 is 0 Å². The Kier molecular flexibility index (Phi) is 2.90. The topological polar surface area (TPSA) is 79.4 Å². The summed E-state index contributed by atoms with van der Waals surface area (Å²) in [4.78, 5) is 39.9. The van der Waals surface area contributed by atoms with Crippen LogP contribution in [0.15, 0.2) is 30.3 Å². The number of para-hydroxylation sites is 1. The van der Waals surface area contributed by atoms with Crippen molar-refractivity contribution >= 4 is 34.9 Å². The molecule has 0 aliphatic carbocycles. The predicted octanol–water partition coefficient (Wildman–Crippen LogP) is 1.49. The Hall–Kier alpha value is -2.76. The van der Waals surface area contributed by atoms with Gasteiger partial charge in [-0.1, -0.05) is 18.2 Å². The predicted molar refractivity (Wildman–Crippen MR) is 72.6 cm³/mol. The number of imide groups is 1. The Morgan fingerprint density at radius 3 is 2.80 bits per heavy atom. The number of nitrogens with zero attached hydrogens (tertiary/aromatic N) is 2. The van der Waals surface area contributed by atoms with Crippen molar-refractivity contribution in [1.82, 2.24) is 10.3 Å². The number of aromatic nitrogens is 1. The summed E-state index contributed by atoms with van der Waals surface area (Å²) in [6, 6.07) is 8.26. The van der Waals surface area contributed by atoms with Crippen LogP contribution in [0.4, 0.5) is 10.6 Å². The number of hydrogen-bond donors (Lipinski definition) is 1. The summed E-state index contributed by atoms with van der Waals surface area (Å²) in [7, 11) is 0. The van der Waals surface area contributed by atoms with E-state index < -0.39 is 6.03 Å². The molecule has 3 amide bonds.